The molecule has 0 bridgehead atoms. The summed E-state index contributed by atoms with van der Waals surface area (Å²) >= 11 is 0. The van der Waals surface area contributed by atoms with E-state index >= 15 is 0 Å². The van der Waals surface area contributed by atoms with Gasteiger partial charge >= 0.3 is 0 Å². The zero-order chi connectivity index (χ0) is 23.4. The summed E-state index contributed by atoms with van der Waals surface area (Å²) < 4.78 is 52.5. The monoisotopic (exact) mass is 465 g/mol. The van der Waals surface area contributed by atoms with E-state index in [9.17, 15) is 8.42 Å². The lowest BCUT2D eigenvalue weighted by Crippen LogP contribution is -2.52. The van der Waals surface area contributed by atoms with Crippen LogP contribution in [-0.4, -0.2) is 59.0 Å². The summed E-state index contributed by atoms with van der Waals surface area (Å²) in [6, 6.07) is 7.56. The van der Waals surface area contributed by atoms with Crippen molar-refractivity contribution in [1.29, 1.82) is 0 Å². The van der Waals surface area contributed by atoms with Crippen molar-refractivity contribution < 1.29 is 31.5 Å². The number of rotatable bonds is 9. The van der Waals surface area contributed by atoms with Gasteiger partial charge in [-0.05, 0) is 49.6 Å². The molecule has 0 N–H and O–H groups in total. The minimum absolute atomic E-state index is 0.154. The summed E-state index contributed by atoms with van der Waals surface area (Å²) in [6.45, 7) is 6.51. The first-order valence-corrected chi connectivity index (χ1v) is 12.0. The lowest BCUT2D eigenvalue weighted by Gasteiger charge is -2.43. The lowest BCUT2D eigenvalue weighted by molar-refractivity contribution is -0.266. The van der Waals surface area contributed by atoms with Gasteiger partial charge < -0.3 is 18.9 Å². The average Bonchev–Trinajstić information content (AvgIpc) is 2.79. The molecule has 0 unspecified atom stereocenters. The summed E-state index contributed by atoms with van der Waals surface area (Å²) in [7, 11) is -1.04. The molecule has 0 spiro atoms. The molecule has 0 atom stereocenters. The normalized spacial score (nSPS) is 17.7. The first-order chi connectivity index (χ1) is 15.1. The first-order valence-electron chi connectivity index (χ1n) is 10.5. The number of pyridine rings is 1. The number of ether oxygens (including phenoxy) is 4. The Hall–Kier alpha value is -2.20. The molecule has 8 nitrogen and oxygen atoms in total. The van der Waals surface area contributed by atoms with E-state index in [1.165, 1.54) is 0 Å². The van der Waals surface area contributed by atoms with Gasteiger partial charge in [0.05, 0.1) is 45.2 Å². The molecule has 32 heavy (non-hydrogen) atoms. The average molecular weight is 466 g/mol. The van der Waals surface area contributed by atoms with Crippen LogP contribution in [-0.2, 0) is 29.2 Å². The van der Waals surface area contributed by atoms with Gasteiger partial charge in [0.25, 0.3) is 10.1 Å². The molecule has 1 aromatic carbocycles. The van der Waals surface area contributed by atoms with Crippen LogP contribution in [0.2, 0.25) is 0 Å². The van der Waals surface area contributed by atoms with Crippen LogP contribution in [0.25, 0.3) is 11.1 Å². The lowest BCUT2D eigenvalue weighted by atomic mass is 9.83. The number of hydrogen-bond acceptors (Lipinski definition) is 8. The maximum Gasteiger partial charge on any atom is 0.268 e. The van der Waals surface area contributed by atoms with Crippen LogP contribution in [0.3, 0.4) is 0 Å². The molecule has 2 heterocycles. The topological polar surface area (TPSA) is 93.2 Å². The van der Waals surface area contributed by atoms with Crippen LogP contribution in [0.1, 0.15) is 32.8 Å². The van der Waals surface area contributed by atoms with Gasteiger partial charge in [-0.25, -0.2) is 0 Å². The zero-order valence-electron chi connectivity index (χ0n) is 19.2. The minimum atomic E-state index is -3.79. The Balaban J connectivity index is 2.02. The van der Waals surface area contributed by atoms with Gasteiger partial charge in [-0.3, -0.25) is 9.17 Å². The molecule has 1 aromatic heterocycles. The third-order valence-corrected chi connectivity index (χ3v) is 6.82. The van der Waals surface area contributed by atoms with Crippen molar-refractivity contribution in [2.45, 2.75) is 38.4 Å². The molecule has 1 fully saturated rings. The molecule has 2 aromatic rings. The van der Waals surface area contributed by atoms with Crippen LogP contribution >= 0.6 is 0 Å². The predicted octanol–water partition coefficient (Wildman–Crippen LogP) is 3.54. The summed E-state index contributed by atoms with van der Waals surface area (Å²) in [5.74, 6) is 0.197. The number of hydrogen-bond donors (Lipinski definition) is 0. The fourth-order valence-corrected chi connectivity index (χ4v) is 4.63. The molecule has 1 aliphatic heterocycles. The van der Waals surface area contributed by atoms with Gasteiger partial charge in [-0.1, -0.05) is 13.0 Å². The smallest absolute Gasteiger partial charge is 0.268 e. The highest BCUT2D eigenvalue weighted by Gasteiger charge is 2.45. The highest BCUT2D eigenvalue weighted by atomic mass is 32.2. The van der Waals surface area contributed by atoms with Gasteiger partial charge in [0, 0.05) is 18.0 Å². The third-order valence-electron chi connectivity index (χ3n) is 5.41. The molecule has 3 rings (SSSR count). The molecule has 0 amide bonds. The fourth-order valence-electron chi connectivity index (χ4n) is 3.51. The van der Waals surface area contributed by atoms with E-state index in [0.717, 1.165) is 24.7 Å². The quantitative estimate of drug-likeness (QED) is 0.519. The van der Waals surface area contributed by atoms with Crippen molar-refractivity contribution in [3.63, 3.8) is 0 Å². The number of nitrogens with zero attached hydrogens (tertiary/aromatic N) is 1. The molecule has 176 valence electrons. The van der Waals surface area contributed by atoms with E-state index in [1.54, 1.807) is 33.4 Å². The van der Waals surface area contributed by atoms with Crippen LogP contribution in [0.5, 0.6) is 11.5 Å². The zero-order valence-corrected chi connectivity index (χ0v) is 20.0. The van der Waals surface area contributed by atoms with Crippen LogP contribution < -0.4 is 9.47 Å². The van der Waals surface area contributed by atoms with E-state index in [-0.39, 0.29) is 19.0 Å². The highest BCUT2D eigenvalue weighted by Crippen LogP contribution is 2.37. The van der Waals surface area contributed by atoms with Gasteiger partial charge in [0.1, 0.15) is 0 Å². The summed E-state index contributed by atoms with van der Waals surface area (Å²) in [5.41, 5.74) is 1.42. The maximum atomic E-state index is 12.4. The van der Waals surface area contributed by atoms with Crippen LogP contribution in [0.4, 0.5) is 0 Å². The van der Waals surface area contributed by atoms with Crippen molar-refractivity contribution in [2.75, 3.05) is 39.8 Å². The number of aromatic nitrogens is 1. The second-order valence-corrected chi connectivity index (χ2v) is 10.0. The molecular formula is C23H31NO7S. The summed E-state index contributed by atoms with van der Waals surface area (Å²) in [5, 5.41) is 0. The summed E-state index contributed by atoms with van der Waals surface area (Å²) in [6.07, 6.45) is 4.25. The van der Waals surface area contributed by atoms with Crippen molar-refractivity contribution in [1.82, 2.24) is 4.98 Å². The van der Waals surface area contributed by atoms with Gasteiger partial charge in [0.15, 0.2) is 17.3 Å². The fraction of sp³-hybridized carbons (Fsp3) is 0.522. The number of benzene rings is 1. The molecular weight excluding hydrogens is 434 g/mol. The Kier molecular flexibility index (Phi) is 7.44. The van der Waals surface area contributed by atoms with Gasteiger partial charge in [0.2, 0.25) is 0 Å². The summed E-state index contributed by atoms with van der Waals surface area (Å²) in [4.78, 5) is 4.39. The van der Waals surface area contributed by atoms with Crippen molar-refractivity contribution in [3.05, 3.63) is 42.2 Å². The second kappa shape index (κ2) is 9.74. The predicted molar refractivity (Wildman–Crippen MR) is 120 cm³/mol. The molecule has 0 saturated carbocycles. The van der Waals surface area contributed by atoms with Crippen molar-refractivity contribution in [2.24, 2.45) is 0 Å². The Labute approximate surface area is 189 Å². The maximum absolute atomic E-state index is 12.4. The first kappa shape index (κ1) is 24.4. The molecule has 0 radical (unpaired) electrons. The van der Waals surface area contributed by atoms with E-state index in [1.807, 2.05) is 31.2 Å². The van der Waals surface area contributed by atoms with Gasteiger partial charge in [-0.2, -0.15) is 8.42 Å². The highest BCUT2D eigenvalue weighted by molar-refractivity contribution is 7.86. The number of methoxy groups -OCH3 is 1. The van der Waals surface area contributed by atoms with Gasteiger partial charge in [-0.15, -0.1) is 0 Å². The largest absolute Gasteiger partial charge is 0.493 e. The molecule has 1 saturated heterocycles. The van der Waals surface area contributed by atoms with E-state index in [0.29, 0.717) is 23.7 Å². The van der Waals surface area contributed by atoms with Crippen molar-refractivity contribution in [3.8, 4) is 22.6 Å². The second-order valence-electron chi connectivity index (χ2n) is 8.30. The van der Waals surface area contributed by atoms with Crippen molar-refractivity contribution >= 4 is 10.1 Å². The Bertz CT molecular complexity index is 1030. The van der Waals surface area contributed by atoms with Crippen LogP contribution in [0, 0.1) is 0 Å². The molecule has 9 heteroatoms. The Morgan fingerprint density at radius 1 is 1.03 bits per heavy atom. The molecule has 0 aliphatic carbocycles. The minimum Gasteiger partial charge on any atom is -0.493 e. The third kappa shape index (κ3) is 5.58. The van der Waals surface area contributed by atoms with E-state index in [4.69, 9.17) is 23.1 Å². The Morgan fingerprint density at radius 2 is 1.75 bits per heavy atom. The van der Waals surface area contributed by atoms with E-state index < -0.39 is 21.3 Å². The molecule has 1 aliphatic rings. The Morgan fingerprint density at radius 3 is 2.38 bits per heavy atom. The van der Waals surface area contributed by atoms with Crippen LogP contribution in [0.15, 0.2) is 36.7 Å². The van der Waals surface area contributed by atoms with E-state index in [2.05, 4.69) is 4.98 Å². The SMILES string of the molecule is CCCOc1cc(-c2cncc(C3(CS(=O)(=O)OC)COC(C)(C)OC3)c2)ccc1OC. The standard InChI is InChI=1S/C23H31NO7S/c1-6-9-29-21-11-17(7-8-20(21)27-4)18-10-19(13-24-12-18)23(16-32(25,26)28-5)14-30-22(2,3)31-15-23/h7-8,10-13H,6,9,14-16H2,1-5H3.